The molecule has 0 rings (SSSR count). The quantitative estimate of drug-likeness (QED) is 0.0222. The molecule has 582 valence electrons. The normalized spacial score (nSPS) is 14.2. The number of hydrogen-bond acceptors (Lipinski definition) is 15. The van der Waals surface area contributed by atoms with Gasteiger partial charge in [0.2, 0.25) is 0 Å². The van der Waals surface area contributed by atoms with Crippen LogP contribution in [0.5, 0.6) is 0 Å². The Morgan fingerprint density at radius 3 is 0.776 bits per heavy atom. The molecule has 3 unspecified atom stereocenters. The molecule has 0 saturated heterocycles. The van der Waals surface area contributed by atoms with Crippen LogP contribution in [0.4, 0.5) is 0 Å². The molecular formula is C79H154O17P2. The Kier molecular flexibility index (Phi) is 69.3. The zero-order valence-corrected chi connectivity index (χ0v) is 65.9. The summed E-state index contributed by atoms with van der Waals surface area (Å²) in [5.74, 6) is -0.519. The summed E-state index contributed by atoms with van der Waals surface area (Å²) in [5, 5.41) is 10.6. The van der Waals surface area contributed by atoms with Crippen LogP contribution in [0.3, 0.4) is 0 Å². The number of phosphoric acid groups is 2. The minimum atomic E-state index is -4.96. The Balaban J connectivity index is 5.26. The van der Waals surface area contributed by atoms with Crippen molar-refractivity contribution in [3.8, 4) is 0 Å². The SMILES string of the molecule is CCCCCCCCCCCCCCCCCC(=O)OC[C@H](COP(=O)(O)OC[C@@H](O)COP(=O)(O)OC[C@@H](COC(=O)CCCCCCCCCCCC(C)C)OC(=O)CCCCCCCCCCCCCCC)OC(=O)CCCCCCCCCCCCCCCCC(C)CC. The Morgan fingerprint density at radius 2 is 0.520 bits per heavy atom. The van der Waals surface area contributed by atoms with E-state index < -0.39 is 97.5 Å². The molecule has 0 amide bonds. The van der Waals surface area contributed by atoms with Gasteiger partial charge in [0.15, 0.2) is 12.2 Å². The van der Waals surface area contributed by atoms with Crippen molar-refractivity contribution in [3.63, 3.8) is 0 Å². The highest BCUT2D eigenvalue weighted by atomic mass is 31.2. The minimum Gasteiger partial charge on any atom is -0.462 e. The number of aliphatic hydroxyl groups is 1. The smallest absolute Gasteiger partial charge is 0.462 e. The summed E-state index contributed by atoms with van der Waals surface area (Å²) in [4.78, 5) is 73.0. The van der Waals surface area contributed by atoms with E-state index in [4.69, 9.17) is 37.0 Å². The summed E-state index contributed by atoms with van der Waals surface area (Å²) < 4.78 is 68.7. The van der Waals surface area contributed by atoms with Crippen molar-refractivity contribution in [2.75, 3.05) is 39.6 Å². The zero-order valence-electron chi connectivity index (χ0n) is 64.1. The predicted molar refractivity (Wildman–Crippen MR) is 400 cm³/mol. The molecule has 3 N–H and O–H groups in total. The fourth-order valence-corrected chi connectivity index (χ4v) is 13.7. The van der Waals surface area contributed by atoms with E-state index in [1.807, 2.05) is 0 Å². The molecule has 6 atom stereocenters. The van der Waals surface area contributed by atoms with E-state index >= 15 is 0 Å². The molecule has 0 bridgehead atoms. The lowest BCUT2D eigenvalue weighted by Crippen LogP contribution is -2.30. The molecule has 0 spiro atoms. The lowest BCUT2D eigenvalue weighted by molar-refractivity contribution is -0.161. The van der Waals surface area contributed by atoms with E-state index in [2.05, 4.69) is 41.5 Å². The standard InChI is InChI=1S/C79H154O17P2/c1-7-10-12-14-16-18-20-22-23-28-31-37-43-49-55-61-76(81)89-67-74(95-79(84)64-58-52-46-39-33-29-25-24-27-30-36-42-48-54-60-72(6)9-3)69-93-97(85,86)91-65-73(80)66-92-98(87,88)94-70-75(68-90-77(82)62-56-50-44-40-34-35-41-47-53-59-71(4)5)96-78(83)63-57-51-45-38-32-26-21-19-17-15-13-11-8-2/h71-75,80H,7-70H2,1-6H3,(H,85,86)(H,87,88)/t72?,73-,74-,75-/m1/s1. The highest BCUT2D eigenvalue weighted by Crippen LogP contribution is 2.45. The molecule has 0 aromatic carbocycles. The highest BCUT2D eigenvalue weighted by Gasteiger charge is 2.30. The fraction of sp³-hybridized carbons (Fsp3) is 0.949. The van der Waals surface area contributed by atoms with Gasteiger partial charge in [0.1, 0.15) is 19.3 Å². The first-order valence-corrected chi connectivity index (χ1v) is 44.0. The monoisotopic (exact) mass is 1440 g/mol. The largest absolute Gasteiger partial charge is 0.472 e. The van der Waals surface area contributed by atoms with E-state index in [0.717, 1.165) is 102 Å². The van der Waals surface area contributed by atoms with Crippen LogP contribution < -0.4 is 0 Å². The van der Waals surface area contributed by atoms with Crippen LogP contribution in [0.1, 0.15) is 414 Å². The van der Waals surface area contributed by atoms with Gasteiger partial charge in [0.05, 0.1) is 26.4 Å². The molecule has 0 radical (unpaired) electrons. The lowest BCUT2D eigenvalue weighted by Gasteiger charge is -2.21. The number of aliphatic hydroxyl groups excluding tert-OH is 1. The van der Waals surface area contributed by atoms with Gasteiger partial charge in [-0.1, -0.05) is 363 Å². The van der Waals surface area contributed by atoms with Crippen LogP contribution in [0.2, 0.25) is 0 Å². The van der Waals surface area contributed by atoms with E-state index in [1.165, 1.54) is 231 Å². The average molecular weight is 1440 g/mol. The van der Waals surface area contributed by atoms with Gasteiger partial charge in [0.25, 0.3) is 0 Å². The first-order valence-electron chi connectivity index (χ1n) is 41.0. The molecule has 0 saturated carbocycles. The maximum Gasteiger partial charge on any atom is 0.472 e. The van der Waals surface area contributed by atoms with Gasteiger partial charge in [-0.15, -0.1) is 0 Å². The third-order valence-corrected chi connectivity index (χ3v) is 20.7. The maximum absolute atomic E-state index is 13.1. The summed E-state index contributed by atoms with van der Waals surface area (Å²) in [6, 6.07) is 0. The van der Waals surface area contributed by atoms with E-state index in [0.29, 0.717) is 25.7 Å². The lowest BCUT2D eigenvalue weighted by atomic mass is 9.99. The topological polar surface area (TPSA) is 237 Å². The molecule has 0 fully saturated rings. The Bertz CT molecular complexity index is 1890. The number of phosphoric ester groups is 2. The fourth-order valence-electron chi connectivity index (χ4n) is 12.2. The van der Waals surface area contributed by atoms with Crippen molar-refractivity contribution >= 4 is 39.5 Å². The van der Waals surface area contributed by atoms with Crippen molar-refractivity contribution in [1.29, 1.82) is 0 Å². The van der Waals surface area contributed by atoms with Gasteiger partial charge in [-0.2, -0.15) is 0 Å². The van der Waals surface area contributed by atoms with Gasteiger partial charge in [-0.25, -0.2) is 9.13 Å². The molecule has 0 heterocycles. The van der Waals surface area contributed by atoms with E-state index in [9.17, 15) is 43.2 Å². The average Bonchev–Trinajstić information content (AvgIpc) is 0.943. The first kappa shape index (κ1) is 96.1. The molecular weight excluding hydrogens is 1280 g/mol. The summed E-state index contributed by atoms with van der Waals surface area (Å²) in [6.45, 7) is 9.66. The number of unbranched alkanes of at least 4 members (excludes halogenated alkanes) is 47. The van der Waals surface area contributed by atoms with Crippen molar-refractivity contribution in [1.82, 2.24) is 0 Å². The number of esters is 4. The maximum atomic E-state index is 13.1. The first-order chi connectivity index (χ1) is 47.4. The summed E-state index contributed by atoms with van der Waals surface area (Å²) in [7, 11) is -9.92. The Morgan fingerprint density at radius 1 is 0.296 bits per heavy atom. The highest BCUT2D eigenvalue weighted by molar-refractivity contribution is 7.47. The molecule has 17 nitrogen and oxygen atoms in total. The molecule has 0 aliphatic rings. The van der Waals surface area contributed by atoms with E-state index in [-0.39, 0.29) is 25.7 Å². The molecule has 0 aromatic heterocycles. The molecule has 0 aliphatic heterocycles. The third kappa shape index (κ3) is 71.1. The van der Waals surface area contributed by atoms with Crippen LogP contribution >= 0.6 is 15.6 Å². The summed E-state index contributed by atoms with van der Waals surface area (Å²) in [6.07, 6.45) is 59.4. The molecule has 0 aromatic rings. The molecule has 0 aliphatic carbocycles. The van der Waals surface area contributed by atoms with Crippen LogP contribution in [-0.2, 0) is 65.4 Å². The van der Waals surface area contributed by atoms with Crippen LogP contribution in [0, 0.1) is 11.8 Å². The number of carbonyl (C=O) groups is 4. The van der Waals surface area contributed by atoms with Crippen molar-refractivity contribution < 1.29 is 80.2 Å². The molecule has 19 heteroatoms. The van der Waals surface area contributed by atoms with E-state index in [1.54, 1.807) is 0 Å². The minimum absolute atomic E-state index is 0.107. The van der Waals surface area contributed by atoms with Gasteiger partial charge < -0.3 is 33.8 Å². The van der Waals surface area contributed by atoms with Crippen LogP contribution in [0.25, 0.3) is 0 Å². The van der Waals surface area contributed by atoms with Crippen molar-refractivity contribution in [2.24, 2.45) is 11.8 Å². The zero-order chi connectivity index (χ0) is 72.1. The van der Waals surface area contributed by atoms with Gasteiger partial charge in [-0.05, 0) is 37.5 Å². The third-order valence-electron chi connectivity index (χ3n) is 18.8. The van der Waals surface area contributed by atoms with Crippen molar-refractivity contribution in [3.05, 3.63) is 0 Å². The molecule has 98 heavy (non-hydrogen) atoms. The van der Waals surface area contributed by atoms with Gasteiger partial charge >= 0.3 is 39.5 Å². The Hall–Kier alpha value is -1.94. The van der Waals surface area contributed by atoms with Crippen molar-refractivity contribution in [2.45, 2.75) is 432 Å². The second kappa shape index (κ2) is 70.7. The van der Waals surface area contributed by atoms with Crippen LogP contribution in [0.15, 0.2) is 0 Å². The predicted octanol–water partition coefficient (Wildman–Crippen LogP) is 23.5. The van der Waals surface area contributed by atoms with Gasteiger partial charge in [0, 0.05) is 25.7 Å². The number of hydrogen-bond donors (Lipinski definition) is 3. The number of rotatable bonds is 78. The number of carbonyl (C=O) groups excluding carboxylic acids is 4. The number of ether oxygens (including phenoxy) is 4. The second-order valence-corrected chi connectivity index (χ2v) is 32.1. The van der Waals surface area contributed by atoms with Gasteiger partial charge in [-0.3, -0.25) is 37.3 Å². The summed E-state index contributed by atoms with van der Waals surface area (Å²) >= 11 is 0. The second-order valence-electron chi connectivity index (χ2n) is 29.2. The summed E-state index contributed by atoms with van der Waals surface area (Å²) in [5.41, 5.74) is 0. The Labute approximate surface area is 600 Å². The van der Waals surface area contributed by atoms with Crippen LogP contribution in [-0.4, -0.2) is 96.7 Å².